The van der Waals surface area contributed by atoms with Crippen LogP contribution in [0.4, 0.5) is 0 Å². The molecule has 114 valence electrons. The summed E-state index contributed by atoms with van der Waals surface area (Å²) in [7, 11) is -1.92. The second kappa shape index (κ2) is 6.21. The van der Waals surface area contributed by atoms with Crippen LogP contribution in [0.1, 0.15) is 25.8 Å². The minimum atomic E-state index is -3.51. The second-order valence-corrected chi connectivity index (χ2v) is 6.99. The van der Waals surface area contributed by atoms with Gasteiger partial charge in [-0.1, -0.05) is 24.2 Å². The molecule has 0 aliphatic heterocycles. The highest BCUT2D eigenvalue weighted by Crippen LogP contribution is 2.17. The Morgan fingerprint density at radius 1 is 1.29 bits per heavy atom. The summed E-state index contributed by atoms with van der Waals surface area (Å²) in [5, 5.41) is 10.3. The first-order chi connectivity index (χ1) is 9.98. The van der Waals surface area contributed by atoms with Gasteiger partial charge in [0.1, 0.15) is 5.75 Å². The third kappa shape index (κ3) is 3.21. The summed E-state index contributed by atoms with van der Waals surface area (Å²) in [6.45, 7) is 3.77. The Kier molecular flexibility index (Phi) is 4.56. The van der Waals surface area contributed by atoms with E-state index in [0.29, 0.717) is 13.0 Å². The molecule has 0 saturated heterocycles. The fraction of sp³-hybridized carbons (Fsp3) is 0.462. The van der Waals surface area contributed by atoms with E-state index in [-0.39, 0.29) is 5.16 Å². The highest BCUT2D eigenvalue weighted by atomic mass is 32.2. The number of tetrazole rings is 1. The predicted molar refractivity (Wildman–Crippen MR) is 76.9 cm³/mol. The maximum absolute atomic E-state index is 12.4. The van der Waals surface area contributed by atoms with Crippen LogP contribution in [0.3, 0.4) is 0 Å². The molecule has 0 saturated carbocycles. The zero-order valence-corrected chi connectivity index (χ0v) is 13.0. The third-order valence-corrected chi connectivity index (χ3v) is 5.54. The zero-order valence-electron chi connectivity index (χ0n) is 12.2. The Morgan fingerprint density at radius 3 is 2.52 bits per heavy atom. The summed E-state index contributed by atoms with van der Waals surface area (Å²) < 4.78 is 31.1. The average molecular weight is 310 g/mol. The SMILES string of the molecule is CCC(C)S(=O)(=O)c1nnnn1Cc1ccc(OC)cc1. The first kappa shape index (κ1) is 15.4. The molecule has 0 aliphatic rings. The molecule has 1 aromatic carbocycles. The van der Waals surface area contributed by atoms with Crippen molar-refractivity contribution in [2.24, 2.45) is 0 Å². The van der Waals surface area contributed by atoms with Crippen molar-refractivity contribution in [2.75, 3.05) is 7.11 Å². The number of ether oxygens (including phenoxy) is 1. The monoisotopic (exact) mass is 310 g/mol. The summed E-state index contributed by atoms with van der Waals surface area (Å²) in [6.07, 6.45) is 0.512. The van der Waals surface area contributed by atoms with Crippen molar-refractivity contribution in [3.8, 4) is 5.75 Å². The number of sulfone groups is 1. The lowest BCUT2D eigenvalue weighted by molar-refractivity contribution is 0.414. The van der Waals surface area contributed by atoms with Crippen molar-refractivity contribution in [2.45, 2.75) is 37.2 Å². The van der Waals surface area contributed by atoms with Gasteiger partial charge in [0.2, 0.25) is 9.84 Å². The highest BCUT2D eigenvalue weighted by Gasteiger charge is 2.28. The standard InChI is InChI=1S/C13H18N4O3S/c1-4-10(2)21(18,19)13-14-15-16-17(13)9-11-5-7-12(20-3)8-6-11/h5-8,10H,4,9H2,1-3H3. The minimum absolute atomic E-state index is 0.0901. The summed E-state index contributed by atoms with van der Waals surface area (Å²) in [6, 6.07) is 7.31. The van der Waals surface area contributed by atoms with E-state index in [0.717, 1.165) is 11.3 Å². The molecule has 0 bridgehead atoms. The molecule has 2 aromatic rings. The van der Waals surface area contributed by atoms with Crippen molar-refractivity contribution in [1.29, 1.82) is 0 Å². The largest absolute Gasteiger partial charge is 0.497 e. The van der Waals surface area contributed by atoms with Gasteiger partial charge >= 0.3 is 0 Å². The van der Waals surface area contributed by atoms with Crippen LogP contribution in [0.25, 0.3) is 0 Å². The number of aromatic nitrogens is 4. The molecule has 7 nitrogen and oxygen atoms in total. The van der Waals surface area contributed by atoms with Crippen LogP contribution < -0.4 is 4.74 Å². The number of benzene rings is 1. The average Bonchev–Trinajstić information content (AvgIpc) is 2.96. The Bertz CT molecular complexity index is 694. The summed E-state index contributed by atoms with van der Waals surface area (Å²) >= 11 is 0. The lowest BCUT2D eigenvalue weighted by Crippen LogP contribution is -2.22. The van der Waals surface area contributed by atoms with Crippen molar-refractivity contribution < 1.29 is 13.2 Å². The second-order valence-electron chi connectivity index (χ2n) is 4.73. The molecule has 0 radical (unpaired) electrons. The maximum Gasteiger partial charge on any atom is 0.268 e. The van der Waals surface area contributed by atoms with Crippen LogP contribution >= 0.6 is 0 Å². The van der Waals surface area contributed by atoms with Gasteiger partial charge in [-0.2, -0.15) is 0 Å². The van der Waals surface area contributed by atoms with Crippen LogP contribution in [-0.2, 0) is 16.4 Å². The van der Waals surface area contributed by atoms with E-state index in [1.807, 2.05) is 31.2 Å². The van der Waals surface area contributed by atoms with Crippen LogP contribution in [0.5, 0.6) is 5.75 Å². The van der Waals surface area contributed by atoms with E-state index in [1.54, 1.807) is 14.0 Å². The van der Waals surface area contributed by atoms with Gasteiger partial charge in [0.15, 0.2) is 0 Å². The van der Waals surface area contributed by atoms with Gasteiger partial charge in [-0.3, -0.25) is 0 Å². The van der Waals surface area contributed by atoms with E-state index >= 15 is 0 Å². The molecular weight excluding hydrogens is 292 g/mol. The van der Waals surface area contributed by atoms with Gasteiger partial charge in [-0.15, -0.1) is 0 Å². The minimum Gasteiger partial charge on any atom is -0.497 e. The van der Waals surface area contributed by atoms with Crippen LogP contribution in [0.2, 0.25) is 0 Å². The Balaban J connectivity index is 2.28. The van der Waals surface area contributed by atoms with Crippen molar-refractivity contribution in [1.82, 2.24) is 20.2 Å². The molecule has 2 rings (SSSR count). The first-order valence-electron chi connectivity index (χ1n) is 6.62. The zero-order chi connectivity index (χ0) is 15.5. The van der Waals surface area contributed by atoms with Gasteiger partial charge in [0.25, 0.3) is 5.16 Å². The molecule has 1 heterocycles. The fourth-order valence-electron chi connectivity index (χ4n) is 1.80. The molecule has 1 aromatic heterocycles. The van der Waals surface area contributed by atoms with Crippen molar-refractivity contribution in [3.63, 3.8) is 0 Å². The molecular formula is C13H18N4O3S. The van der Waals surface area contributed by atoms with Crippen molar-refractivity contribution in [3.05, 3.63) is 29.8 Å². The predicted octanol–water partition coefficient (Wildman–Crippen LogP) is 1.30. The fourth-order valence-corrected chi connectivity index (χ4v) is 3.15. The number of hydrogen-bond donors (Lipinski definition) is 0. The third-order valence-electron chi connectivity index (χ3n) is 3.35. The topological polar surface area (TPSA) is 87.0 Å². The highest BCUT2D eigenvalue weighted by molar-refractivity contribution is 7.91. The smallest absolute Gasteiger partial charge is 0.268 e. The van der Waals surface area contributed by atoms with Gasteiger partial charge < -0.3 is 4.74 Å². The quantitative estimate of drug-likeness (QED) is 0.799. The molecule has 21 heavy (non-hydrogen) atoms. The van der Waals surface area contributed by atoms with Gasteiger partial charge in [0, 0.05) is 0 Å². The van der Waals surface area contributed by atoms with E-state index in [2.05, 4.69) is 15.5 Å². The van der Waals surface area contributed by atoms with E-state index < -0.39 is 15.1 Å². The Morgan fingerprint density at radius 2 is 1.95 bits per heavy atom. The van der Waals surface area contributed by atoms with E-state index in [1.165, 1.54) is 4.68 Å². The normalized spacial score (nSPS) is 13.1. The van der Waals surface area contributed by atoms with Gasteiger partial charge in [-0.05, 0) is 41.5 Å². The number of methoxy groups -OCH3 is 1. The molecule has 0 amide bonds. The van der Waals surface area contributed by atoms with Crippen molar-refractivity contribution >= 4 is 9.84 Å². The molecule has 8 heteroatoms. The van der Waals surface area contributed by atoms with Crippen LogP contribution in [-0.4, -0.2) is 41.0 Å². The van der Waals surface area contributed by atoms with Gasteiger partial charge in [-0.25, -0.2) is 13.1 Å². The number of nitrogens with zero attached hydrogens (tertiary/aromatic N) is 4. The Labute approximate surface area is 123 Å². The van der Waals surface area contributed by atoms with Crippen LogP contribution in [0.15, 0.2) is 29.4 Å². The number of rotatable bonds is 6. The number of hydrogen-bond acceptors (Lipinski definition) is 6. The molecule has 0 spiro atoms. The van der Waals surface area contributed by atoms with E-state index in [4.69, 9.17) is 4.74 Å². The summed E-state index contributed by atoms with van der Waals surface area (Å²) in [4.78, 5) is 0. The molecule has 0 N–H and O–H groups in total. The van der Waals surface area contributed by atoms with E-state index in [9.17, 15) is 8.42 Å². The molecule has 1 unspecified atom stereocenters. The lowest BCUT2D eigenvalue weighted by Gasteiger charge is -2.10. The van der Waals surface area contributed by atoms with Crippen LogP contribution in [0, 0.1) is 0 Å². The molecule has 0 aliphatic carbocycles. The molecule has 0 fully saturated rings. The lowest BCUT2D eigenvalue weighted by atomic mass is 10.2. The molecule has 1 atom stereocenters. The first-order valence-corrected chi connectivity index (χ1v) is 8.16. The maximum atomic E-state index is 12.4. The summed E-state index contributed by atoms with van der Waals surface area (Å²) in [5.74, 6) is 0.739. The summed E-state index contributed by atoms with van der Waals surface area (Å²) in [5.41, 5.74) is 0.892. The van der Waals surface area contributed by atoms with Gasteiger partial charge in [0.05, 0.1) is 18.9 Å². The Hall–Kier alpha value is -1.96.